The highest BCUT2D eigenvalue weighted by atomic mass is 19.1. The molecule has 4 nitrogen and oxygen atoms in total. The van der Waals surface area contributed by atoms with Gasteiger partial charge in [-0.3, -0.25) is 14.7 Å². The minimum atomic E-state index is -0.743. The van der Waals surface area contributed by atoms with Gasteiger partial charge in [0.2, 0.25) is 0 Å². The first kappa shape index (κ1) is 13.0. The van der Waals surface area contributed by atoms with Crippen LogP contribution in [-0.4, -0.2) is 34.0 Å². The Morgan fingerprint density at radius 1 is 1.50 bits per heavy atom. The number of pyridine rings is 1. The number of aromatic nitrogens is 1. The Balaban J connectivity index is 1.92. The number of aliphatic carboxylic acids is 1. The van der Waals surface area contributed by atoms with Crippen LogP contribution in [0.4, 0.5) is 4.39 Å². The summed E-state index contributed by atoms with van der Waals surface area (Å²) in [5.41, 5.74) is 0.817. The molecule has 1 saturated heterocycles. The maximum atomic E-state index is 12.8. The lowest BCUT2D eigenvalue weighted by Crippen LogP contribution is -2.51. The second-order valence-electron chi connectivity index (χ2n) is 4.92. The average molecular weight is 252 g/mol. The lowest BCUT2D eigenvalue weighted by atomic mass is 9.86. The number of hydrogen-bond donors (Lipinski definition) is 1. The largest absolute Gasteiger partial charge is 0.481 e. The van der Waals surface area contributed by atoms with Crippen molar-refractivity contribution in [3.8, 4) is 0 Å². The van der Waals surface area contributed by atoms with Gasteiger partial charge in [-0.05, 0) is 25.0 Å². The molecular weight excluding hydrogens is 235 g/mol. The number of rotatable bonds is 4. The van der Waals surface area contributed by atoms with E-state index in [2.05, 4.69) is 9.88 Å². The van der Waals surface area contributed by atoms with Gasteiger partial charge in [0.1, 0.15) is 5.82 Å². The van der Waals surface area contributed by atoms with E-state index in [-0.39, 0.29) is 23.7 Å². The fourth-order valence-corrected chi connectivity index (χ4v) is 2.20. The standard InChI is InChI=1S/C13H17FN2O2/c1-8(13(17)18)10-6-16(7-10)9(2)12-4-3-11(14)5-15-12/h3-5,8-10H,6-7H2,1-2H3,(H,17,18). The molecular formula is C13H17FN2O2. The minimum Gasteiger partial charge on any atom is -0.481 e. The molecule has 5 heteroatoms. The first-order chi connectivity index (χ1) is 8.49. The summed E-state index contributed by atoms with van der Waals surface area (Å²) in [4.78, 5) is 17.1. The van der Waals surface area contributed by atoms with Crippen LogP contribution in [-0.2, 0) is 4.79 Å². The SMILES string of the molecule is CC(C(=O)O)C1CN(C(C)c2ccc(F)cn2)C1. The normalized spacial score (nSPS) is 20.2. The third kappa shape index (κ3) is 2.51. The molecule has 0 radical (unpaired) electrons. The Morgan fingerprint density at radius 2 is 2.17 bits per heavy atom. The summed E-state index contributed by atoms with van der Waals surface area (Å²) in [5.74, 6) is -1.20. The summed E-state index contributed by atoms with van der Waals surface area (Å²) >= 11 is 0. The van der Waals surface area contributed by atoms with Gasteiger partial charge in [-0.2, -0.15) is 0 Å². The Kier molecular flexibility index (Phi) is 3.61. The highest BCUT2D eigenvalue weighted by molar-refractivity contribution is 5.70. The molecule has 2 atom stereocenters. The van der Waals surface area contributed by atoms with Crippen molar-refractivity contribution < 1.29 is 14.3 Å². The van der Waals surface area contributed by atoms with Gasteiger partial charge in [-0.25, -0.2) is 4.39 Å². The highest BCUT2D eigenvalue weighted by Gasteiger charge is 2.37. The number of carbonyl (C=O) groups is 1. The van der Waals surface area contributed by atoms with Gasteiger partial charge < -0.3 is 5.11 Å². The van der Waals surface area contributed by atoms with E-state index in [1.54, 1.807) is 13.0 Å². The zero-order chi connectivity index (χ0) is 13.3. The van der Waals surface area contributed by atoms with Crippen LogP contribution in [0.3, 0.4) is 0 Å². The molecule has 1 aromatic rings. The summed E-state index contributed by atoms with van der Waals surface area (Å²) in [6.07, 6.45) is 1.21. The molecule has 2 rings (SSSR count). The third-order valence-electron chi connectivity index (χ3n) is 3.76. The van der Waals surface area contributed by atoms with E-state index in [9.17, 15) is 9.18 Å². The van der Waals surface area contributed by atoms with Crippen molar-refractivity contribution in [3.63, 3.8) is 0 Å². The molecule has 0 amide bonds. The van der Waals surface area contributed by atoms with Crippen molar-refractivity contribution in [2.24, 2.45) is 11.8 Å². The van der Waals surface area contributed by atoms with Crippen molar-refractivity contribution in [2.45, 2.75) is 19.9 Å². The van der Waals surface area contributed by atoms with Crippen molar-refractivity contribution >= 4 is 5.97 Å². The van der Waals surface area contributed by atoms with Gasteiger partial charge in [0.25, 0.3) is 0 Å². The van der Waals surface area contributed by atoms with E-state index in [0.29, 0.717) is 0 Å². The van der Waals surface area contributed by atoms with Gasteiger partial charge in [-0.1, -0.05) is 6.92 Å². The molecule has 2 heterocycles. The maximum Gasteiger partial charge on any atom is 0.306 e. The summed E-state index contributed by atoms with van der Waals surface area (Å²) in [5, 5.41) is 8.92. The second-order valence-corrected chi connectivity index (χ2v) is 4.92. The Morgan fingerprint density at radius 3 is 2.67 bits per heavy atom. The Bertz CT molecular complexity index is 429. The third-order valence-corrected chi connectivity index (χ3v) is 3.76. The second kappa shape index (κ2) is 5.02. The summed E-state index contributed by atoms with van der Waals surface area (Å²) < 4.78 is 12.8. The van der Waals surface area contributed by atoms with Crippen LogP contribution in [0.2, 0.25) is 0 Å². The summed E-state index contributed by atoms with van der Waals surface area (Å²) in [6.45, 7) is 5.26. The topological polar surface area (TPSA) is 53.4 Å². The lowest BCUT2D eigenvalue weighted by Gasteiger charge is -2.44. The number of hydrogen-bond acceptors (Lipinski definition) is 3. The van der Waals surface area contributed by atoms with Crippen LogP contribution in [0.5, 0.6) is 0 Å². The van der Waals surface area contributed by atoms with Crippen LogP contribution in [0.25, 0.3) is 0 Å². The zero-order valence-corrected chi connectivity index (χ0v) is 10.5. The summed E-state index contributed by atoms with van der Waals surface area (Å²) in [6, 6.07) is 3.17. The Hall–Kier alpha value is -1.49. The van der Waals surface area contributed by atoms with Crippen LogP contribution >= 0.6 is 0 Å². The minimum absolute atomic E-state index is 0.0999. The first-order valence-corrected chi connectivity index (χ1v) is 6.07. The molecule has 1 fully saturated rings. The molecule has 0 aromatic carbocycles. The number of carboxylic acid groups (broad SMARTS) is 1. The van der Waals surface area contributed by atoms with Crippen molar-refractivity contribution in [1.29, 1.82) is 0 Å². The van der Waals surface area contributed by atoms with Crippen LogP contribution in [0.1, 0.15) is 25.6 Å². The predicted molar refractivity (Wildman–Crippen MR) is 64.5 cm³/mol. The van der Waals surface area contributed by atoms with Crippen molar-refractivity contribution in [2.75, 3.05) is 13.1 Å². The van der Waals surface area contributed by atoms with E-state index < -0.39 is 5.97 Å². The van der Waals surface area contributed by atoms with Gasteiger partial charge in [0.15, 0.2) is 0 Å². The van der Waals surface area contributed by atoms with Gasteiger partial charge in [0.05, 0.1) is 17.8 Å². The molecule has 0 bridgehead atoms. The van der Waals surface area contributed by atoms with Crippen molar-refractivity contribution in [3.05, 3.63) is 29.8 Å². The molecule has 1 aliphatic heterocycles. The highest BCUT2D eigenvalue weighted by Crippen LogP contribution is 2.31. The van der Waals surface area contributed by atoms with Gasteiger partial charge >= 0.3 is 5.97 Å². The molecule has 2 unspecified atom stereocenters. The van der Waals surface area contributed by atoms with Gasteiger partial charge in [0, 0.05) is 19.1 Å². The zero-order valence-electron chi connectivity index (χ0n) is 10.5. The number of nitrogens with zero attached hydrogens (tertiary/aromatic N) is 2. The van der Waals surface area contributed by atoms with Crippen molar-refractivity contribution in [1.82, 2.24) is 9.88 Å². The summed E-state index contributed by atoms with van der Waals surface area (Å²) in [7, 11) is 0. The fraction of sp³-hybridized carbons (Fsp3) is 0.538. The molecule has 0 saturated carbocycles. The monoisotopic (exact) mass is 252 g/mol. The van der Waals surface area contributed by atoms with E-state index in [1.165, 1.54) is 12.3 Å². The van der Waals surface area contributed by atoms with E-state index in [4.69, 9.17) is 5.11 Å². The smallest absolute Gasteiger partial charge is 0.306 e. The van der Waals surface area contributed by atoms with E-state index in [0.717, 1.165) is 18.8 Å². The molecule has 0 aliphatic carbocycles. The number of halogens is 1. The van der Waals surface area contributed by atoms with Crippen LogP contribution < -0.4 is 0 Å². The van der Waals surface area contributed by atoms with Crippen LogP contribution in [0.15, 0.2) is 18.3 Å². The Labute approximate surface area is 105 Å². The number of carboxylic acids is 1. The van der Waals surface area contributed by atoms with Gasteiger partial charge in [-0.15, -0.1) is 0 Å². The quantitative estimate of drug-likeness (QED) is 0.889. The fourth-order valence-electron chi connectivity index (χ4n) is 2.20. The van der Waals surface area contributed by atoms with E-state index >= 15 is 0 Å². The molecule has 1 aromatic heterocycles. The number of likely N-dealkylation sites (tertiary alicyclic amines) is 1. The predicted octanol–water partition coefficient (Wildman–Crippen LogP) is 1.93. The molecule has 18 heavy (non-hydrogen) atoms. The molecule has 1 N–H and O–H groups in total. The maximum absolute atomic E-state index is 12.8. The molecule has 0 spiro atoms. The van der Waals surface area contributed by atoms with E-state index in [1.807, 2.05) is 6.92 Å². The van der Waals surface area contributed by atoms with Crippen LogP contribution in [0, 0.1) is 17.7 Å². The average Bonchev–Trinajstić information content (AvgIpc) is 2.27. The molecule has 1 aliphatic rings. The lowest BCUT2D eigenvalue weighted by molar-refractivity contribution is -0.146. The molecule has 98 valence electrons. The first-order valence-electron chi connectivity index (χ1n) is 6.07.